The number of carbonyl (C=O) groups excluding carboxylic acids is 2. The van der Waals surface area contributed by atoms with Crippen molar-refractivity contribution < 1.29 is 33.0 Å². The molecule has 1 amide bonds. The van der Waals surface area contributed by atoms with Crippen molar-refractivity contribution in [1.82, 2.24) is 9.99 Å². The highest BCUT2D eigenvalue weighted by atomic mass is 127. The molecular formula is C29H28IN3O7. The fourth-order valence-corrected chi connectivity index (χ4v) is 4.65. The second-order valence-electron chi connectivity index (χ2n) is 8.60. The highest BCUT2D eigenvalue weighted by Gasteiger charge is 2.14. The smallest absolute Gasteiger partial charge is 0.343 e. The number of aryl methyl sites for hydroxylation is 2. The molecule has 0 saturated heterocycles. The molecule has 4 aromatic rings. The molecule has 0 spiro atoms. The number of carbonyl (C=O) groups is 2. The first-order valence-electron chi connectivity index (χ1n) is 12.2. The lowest BCUT2D eigenvalue weighted by Crippen LogP contribution is -2.17. The highest BCUT2D eigenvalue weighted by Crippen LogP contribution is 2.33. The second kappa shape index (κ2) is 13.2. The van der Waals surface area contributed by atoms with E-state index >= 15 is 0 Å². The van der Waals surface area contributed by atoms with Crippen LogP contribution in [0.4, 0.5) is 0 Å². The molecule has 0 radical (unpaired) electrons. The number of methoxy groups -OCH3 is 2. The Balaban J connectivity index is 1.31. The number of esters is 1. The number of aromatic nitrogens is 1. The molecule has 0 aliphatic carbocycles. The van der Waals surface area contributed by atoms with Crippen LogP contribution in [0.5, 0.6) is 17.2 Å². The molecule has 0 unspecified atom stereocenters. The largest absolute Gasteiger partial charge is 0.493 e. The third-order valence-electron chi connectivity index (χ3n) is 5.83. The van der Waals surface area contributed by atoms with Crippen LogP contribution in [0.3, 0.4) is 0 Å². The second-order valence-corrected chi connectivity index (χ2v) is 9.76. The van der Waals surface area contributed by atoms with Crippen LogP contribution < -0.4 is 19.6 Å². The van der Waals surface area contributed by atoms with Crippen LogP contribution in [-0.2, 0) is 16.1 Å². The lowest BCUT2D eigenvalue weighted by Gasteiger charge is -2.12. The maximum atomic E-state index is 12.5. The van der Waals surface area contributed by atoms with Gasteiger partial charge in [0.2, 0.25) is 0 Å². The fourth-order valence-electron chi connectivity index (χ4n) is 3.86. The fraction of sp³-hybridized carbons (Fsp3) is 0.207. The summed E-state index contributed by atoms with van der Waals surface area (Å²) in [5, 5.41) is 4.00. The van der Waals surface area contributed by atoms with Crippen LogP contribution in [0.2, 0.25) is 0 Å². The average Bonchev–Trinajstić information content (AvgIpc) is 3.57. The third kappa shape index (κ3) is 7.03. The number of furan rings is 1. The van der Waals surface area contributed by atoms with Crippen LogP contribution in [0.25, 0.3) is 5.69 Å². The maximum Gasteiger partial charge on any atom is 0.343 e. The van der Waals surface area contributed by atoms with E-state index in [4.69, 9.17) is 18.6 Å². The van der Waals surface area contributed by atoms with E-state index in [1.807, 2.05) is 24.3 Å². The lowest BCUT2D eigenvalue weighted by molar-refractivity contribution is -0.142. The van der Waals surface area contributed by atoms with Gasteiger partial charge in [0.25, 0.3) is 0 Å². The van der Waals surface area contributed by atoms with E-state index in [9.17, 15) is 9.59 Å². The molecule has 2 aromatic heterocycles. The Morgan fingerprint density at radius 3 is 2.40 bits per heavy atom. The Labute approximate surface area is 245 Å². The first-order valence-corrected chi connectivity index (χ1v) is 13.2. The summed E-state index contributed by atoms with van der Waals surface area (Å²) >= 11 is 2.06. The van der Waals surface area contributed by atoms with Crippen molar-refractivity contribution in [2.24, 2.45) is 5.10 Å². The van der Waals surface area contributed by atoms with Gasteiger partial charge in [0.1, 0.15) is 18.1 Å². The van der Waals surface area contributed by atoms with Crippen molar-refractivity contribution in [2.45, 2.75) is 20.5 Å². The molecule has 1 N–H and O–H groups in total. The predicted molar refractivity (Wildman–Crippen MR) is 157 cm³/mol. The van der Waals surface area contributed by atoms with Gasteiger partial charge >= 0.3 is 11.9 Å². The van der Waals surface area contributed by atoms with Crippen LogP contribution in [0.15, 0.2) is 70.2 Å². The van der Waals surface area contributed by atoms with Gasteiger partial charge < -0.3 is 27.9 Å². The molecule has 0 saturated carbocycles. The van der Waals surface area contributed by atoms with E-state index in [1.54, 1.807) is 24.3 Å². The summed E-state index contributed by atoms with van der Waals surface area (Å²) in [7, 11) is 2.77. The predicted octanol–water partition coefficient (Wildman–Crippen LogP) is 5.20. The Kier molecular flexibility index (Phi) is 9.48. The van der Waals surface area contributed by atoms with Gasteiger partial charge in [-0.25, -0.2) is 10.2 Å². The number of hydrazone groups is 1. The summed E-state index contributed by atoms with van der Waals surface area (Å²) in [6.07, 6.45) is 1.46. The maximum absolute atomic E-state index is 12.5. The van der Waals surface area contributed by atoms with Crippen LogP contribution >= 0.6 is 22.6 Å². The zero-order chi connectivity index (χ0) is 28.6. The van der Waals surface area contributed by atoms with Crippen molar-refractivity contribution in [3.8, 4) is 22.9 Å². The molecule has 2 heterocycles. The lowest BCUT2D eigenvalue weighted by atomic mass is 10.2. The Bertz CT molecular complexity index is 1500. The van der Waals surface area contributed by atoms with Gasteiger partial charge in [0, 0.05) is 17.1 Å². The van der Waals surface area contributed by atoms with Gasteiger partial charge in [0.05, 0.1) is 24.0 Å². The van der Waals surface area contributed by atoms with E-state index in [2.05, 4.69) is 68.4 Å². The van der Waals surface area contributed by atoms with E-state index in [0.29, 0.717) is 32.1 Å². The number of amides is 1. The highest BCUT2D eigenvalue weighted by molar-refractivity contribution is 14.1. The molecule has 10 nitrogen and oxygen atoms in total. The first kappa shape index (κ1) is 28.7. The number of halogens is 1. The molecule has 0 aliphatic rings. The molecule has 0 atom stereocenters. The number of benzene rings is 2. The van der Waals surface area contributed by atoms with E-state index < -0.39 is 11.9 Å². The number of nitrogens with zero attached hydrogens (tertiary/aromatic N) is 2. The normalized spacial score (nSPS) is 10.9. The van der Waals surface area contributed by atoms with Gasteiger partial charge in [-0.1, -0.05) is 0 Å². The van der Waals surface area contributed by atoms with Gasteiger partial charge in [-0.2, -0.15) is 5.10 Å². The summed E-state index contributed by atoms with van der Waals surface area (Å²) in [5.41, 5.74) is 6.46. The number of hydrogen-bond acceptors (Lipinski definition) is 8. The van der Waals surface area contributed by atoms with Crippen LogP contribution in [0, 0.1) is 17.4 Å². The van der Waals surface area contributed by atoms with Crippen molar-refractivity contribution in [3.05, 3.63) is 92.7 Å². The summed E-state index contributed by atoms with van der Waals surface area (Å²) in [4.78, 5) is 23.9. The van der Waals surface area contributed by atoms with E-state index in [1.165, 1.54) is 20.4 Å². The molecule has 4 rings (SSSR count). The molecule has 0 aliphatic heterocycles. The topological polar surface area (TPSA) is 114 Å². The molecule has 208 valence electrons. The number of nitrogens with one attached hydrogen (secondary N) is 1. The Morgan fingerprint density at radius 2 is 1.73 bits per heavy atom. The van der Waals surface area contributed by atoms with Gasteiger partial charge in [-0.05, 0) is 103 Å². The molecule has 2 aromatic carbocycles. The van der Waals surface area contributed by atoms with Crippen LogP contribution in [0.1, 0.15) is 33.3 Å². The minimum absolute atomic E-state index is 0.100. The van der Waals surface area contributed by atoms with Crippen LogP contribution in [-0.4, -0.2) is 43.5 Å². The van der Waals surface area contributed by atoms with Crippen molar-refractivity contribution in [2.75, 3.05) is 20.8 Å². The monoisotopic (exact) mass is 657 g/mol. The Morgan fingerprint density at radius 1 is 1.00 bits per heavy atom. The van der Waals surface area contributed by atoms with Crippen molar-refractivity contribution in [1.29, 1.82) is 0 Å². The van der Waals surface area contributed by atoms with Gasteiger partial charge in [0.15, 0.2) is 23.9 Å². The van der Waals surface area contributed by atoms with Gasteiger partial charge in [-0.3, -0.25) is 4.79 Å². The number of ether oxygens (including phenoxy) is 4. The molecule has 0 bridgehead atoms. The zero-order valence-corrected chi connectivity index (χ0v) is 24.6. The Hall–Kier alpha value is -4.26. The van der Waals surface area contributed by atoms with Crippen molar-refractivity contribution >= 4 is 40.7 Å². The summed E-state index contributed by atoms with van der Waals surface area (Å²) in [5.74, 6) is 1.08. The summed E-state index contributed by atoms with van der Waals surface area (Å²) < 4.78 is 29.8. The van der Waals surface area contributed by atoms with Crippen molar-refractivity contribution in [3.63, 3.8) is 0 Å². The SMILES string of the molecule is COC(=O)COc1c(I)cc(/C=N/NC(=O)c2ccc(COc3ccc(-n4c(C)ccc4C)cc3)o2)cc1OC. The van der Waals surface area contributed by atoms with E-state index in [0.717, 1.165) is 17.1 Å². The molecule has 40 heavy (non-hydrogen) atoms. The minimum atomic E-state index is -0.510. The third-order valence-corrected chi connectivity index (χ3v) is 6.63. The summed E-state index contributed by atoms with van der Waals surface area (Å²) in [6, 6.07) is 18.6. The van der Waals surface area contributed by atoms with E-state index in [-0.39, 0.29) is 19.0 Å². The quantitative estimate of drug-likeness (QED) is 0.102. The zero-order valence-electron chi connectivity index (χ0n) is 22.4. The molecular weight excluding hydrogens is 629 g/mol. The number of rotatable bonds is 11. The molecule has 0 fully saturated rings. The molecule has 11 heteroatoms. The summed E-state index contributed by atoms with van der Waals surface area (Å²) in [6.45, 7) is 4.05. The van der Waals surface area contributed by atoms with Gasteiger partial charge in [-0.15, -0.1) is 0 Å². The standard InChI is InChI=1S/C29H28IN3O7/c1-18-5-6-19(2)33(18)21-7-9-22(10-8-21)38-16-23-11-12-25(40-23)29(35)32-31-15-20-13-24(30)28(26(14-20)36-3)39-17-27(34)37-4/h5-15H,16-17H2,1-4H3,(H,32,35)/b31-15+. The first-order chi connectivity index (χ1) is 19.3. The number of hydrogen-bond donors (Lipinski definition) is 1. The minimum Gasteiger partial charge on any atom is -0.493 e. The average molecular weight is 657 g/mol.